The number of nitrogens with zero attached hydrogens (tertiary/aromatic N) is 2. The maximum Gasteiger partial charge on any atom is 0.171 e. The molecule has 1 aliphatic heterocycles. The van der Waals surface area contributed by atoms with E-state index in [0.29, 0.717) is 11.3 Å². The summed E-state index contributed by atoms with van der Waals surface area (Å²) in [4.78, 5) is 5.25. The molecule has 1 heterocycles. The Labute approximate surface area is 104 Å². The lowest BCUT2D eigenvalue weighted by Crippen LogP contribution is -2.44. The zero-order valence-corrected chi connectivity index (χ0v) is 11.3. The summed E-state index contributed by atoms with van der Waals surface area (Å²) in [5.74, 6) is 0. The molecule has 1 aliphatic carbocycles. The molecule has 2 rings (SSSR count). The van der Waals surface area contributed by atoms with Crippen molar-refractivity contribution in [1.29, 1.82) is 0 Å². The largest absolute Gasteiger partial charge is 0.372 e. The third-order valence-electron chi connectivity index (χ3n) is 3.47. The third-order valence-corrected chi connectivity index (χ3v) is 4.77. The number of rotatable bonds is 2. The van der Waals surface area contributed by atoms with E-state index in [1.165, 1.54) is 12.0 Å². The van der Waals surface area contributed by atoms with Crippen molar-refractivity contribution in [3.8, 4) is 0 Å². The monoisotopic (exact) mass is 256 g/mol. The highest BCUT2D eigenvalue weighted by Crippen LogP contribution is 2.24. The number of allylic oxidation sites excluding steroid dienone is 4. The average Bonchev–Trinajstić information content (AvgIpc) is 2.29. The van der Waals surface area contributed by atoms with Crippen LogP contribution in [0.5, 0.6) is 0 Å². The van der Waals surface area contributed by atoms with Gasteiger partial charge in [0.05, 0.1) is 0 Å². The molecule has 0 aromatic carbocycles. The van der Waals surface area contributed by atoms with Crippen molar-refractivity contribution in [2.24, 2.45) is 0 Å². The molecule has 2 aliphatic rings. The van der Waals surface area contributed by atoms with Gasteiger partial charge in [-0.05, 0) is 32.0 Å². The molecular weight excluding hydrogens is 236 g/mol. The van der Waals surface area contributed by atoms with Crippen molar-refractivity contribution >= 4 is 9.84 Å². The van der Waals surface area contributed by atoms with E-state index in [1.54, 1.807) is 6.08 Å². The van der Waals surface area contributed by atoms with Crippen LogP contribution in [0.2, 0.25) is 0 Å². The van der Waals surface area contributed by atoms with Gasteiger partial charge in [-0.3, -0.25) is 0 Å². The van der Waals surface area contributed by atoms with E-state index in [4.69, 9.17) is 0 Å². The van der Waals surface area contributed by atoms with Crippen molar-refractivity contribution in [2.45, 2.75) is 12.8 Å². The van der Waals surface area contributed by atoms with E-state index in [-0.39, 0.29) is 0 Å². The summed E-state index contributed by atoms with van der Waals surface area (Å²) in [6.45, 7) is 4.26. The minimum Gasteiger partial charge on any atom is -0.372 e. The van der Waals surface area contributed by atoms with E-state index in [2.05, 4.69) is 16.8 Å². The first kappa shape index (κ1) is 12.6. The Bertz CT molecular complexity index is 443. The second-order valence-corrected chi connectivity index (χ2v) is 6.92. The second-order valence-electron chi connectivity index (χ2n) is 4.85. The topological polar surface area (TPSA) is 40.6 Å². The van der Waals surface area contributed by atoms with Gasteiger partial charge in [0.15, 0.2) is 9.84 Å². The van der Waals surface area contributed by atoms with Gasteiger partial charge in [0.25, 0.3) is 0 Å². The number of likely N-dealkylation sites (N-methyl/N-ethyl adjacent to an activating group) is 1. The molecule has 0 unspecified atom stereocenters. The Balaban J connectivity index is 2.05. The molecule has 1 saturated heterocycles. The van der Waals surface area contributed by atoms with Crippen LogP contribution in [0.25, 0.3) is 0 Å². The quantitative estimate of drug-likeness (QED) is 0.734. The fraction of sp³-hybridized carbons (Fsp3) is 0.667. The van der Waals surface area contributed by atoms with Crippen LogP contribution < -0.4 is 0 Å². The molecule has 0 saturated carbocycles. The Morgan fingerprint density at radius 1 is 1.06 bits per heavy atom. The molecule has 17 heavy (non-hydrogen) atoms. The van der Waals surface area contributed by atoms with Gasteiger partial charge in [0.1, 0.15) is 0 Å². The Morgan fingerprint density at radius 2 is 1.71 bits per heavy atom. The van der Waals surface area contributed by atoms with Crippen molar-refractivity contribution in [1.82, 2.24) is 9.80 Å². The van der Waals surface area contributed by atoms with E-state index in [1.807, 2.05) is 6.08 Å². The van der Waals surface area contributed by atoms with Gasteiger partial charge < -0.3 is 9.80 Å². The first-order chi connectivity index (χ1) is 7.97. The number of hydrogen-bond acceptors (Lipinski definition) is 4. The molecule has 1 fully saturated rings. The minimum absolute atomic E-state index is 0.565. The van der Waals surface area contributed by atoms with Gasteiger partial charge >= 0.3 is 0 Å². The fourth-order valence-corrected chi connectivity index (χ4v) is 3.06. The summed E-state index contributed by atoms with van der Waals surface area (Å²) < 4.78 is 22.8. The smallest absolute Gasteiger partial charge is 0.171 e. The highest BCUT2D eigenvalue weighted by atomic mass is 32.2. The standard InChI is InChI=1S/C12H20N2O2S/c1-13-7-9-14(10-8-13)11-3-5-12(6-4-11)17(2,15)16/h3,5H,4,6-10H2,1-2H3. The van der Waals surface area contributed by atoms with Gasteiger partial charge in [-0.2, -0.15) is 0 Å². The number of sulfone groups is 1. The van der Waals surface area contributed by atoms with Gasteiger partial charge in [-0.25, -0.2) is 8.42 Å². The van der Waals surface area contributed by atoms with E-state index in [0.717, 1.165) is 32.6 Å². The summed E-state index contributed by atoms with van der Waals surface area (Å²) in [5, 5.41) is 0. The third kappa shape index (κ3) is 3.10. The van der Waals surface area contributed by atoms with Crippen LogP contribution in [0.15, 0.2) is 22.8 Å². The molecule has 4 nitrogen and oxygen atoms in total. The Morgan fingerprint density at radius 3 is 2.18 bits per heavy atom. The van der Waals surface area contributed by atoms with E-state index >= 15 is 0 Å². The molecule has 0 N–H and O–H groups in total. The normalized spacial score (nSPS) is 23.3. The van der Waals surface area contributed by atoms with Gasteiger partial charge in [0, 0.05) is 43.0 Å². The molecule has 0 radical (unpaired) electrons. The molecule has 0 aromatic rings. The number of piperazine rings is 1. The van der Waals surface area contributed by atoms with E-state index in [9.17, 15) is 8.42 Å². The summed E-state index contributed by atoms with van der Waals surface area (Å²) >= 11 is 0. The lowest BCUT2D eigenvalue weighted by Gasteiger charge is -2.36. The molecule has 5 heteroatoms. The lowest BCUT2D eigenvalue weighted by molar-refractivity contribution is 0.182. The van der Waals surface area contributed by atoms with Crippen LogP contribution in [0, 0.1) is 0 Å². The Hall–Kier alpha value is -0.810. The number of hydrogen-bond donors (Lipinski definition) is 0. The van der Waals surface area contributed by atoms with Crippen LogP contribution >= 0.6 is 0 Å². The van der Waals surface area contributed by atoms with E-state index < -0.39 is 9.84 Å². The van der Waals surface area contributed by atoms with Crippen molar-refractivity contribution in [2.75, 3.05) is 39.5 Å². The van der Waals surface area contributed by atoms with Crippen molar-refractivity contribution in [3.05, 3.63) is 22.8 Å². The highest BCUT2D eigenvalue weighted by Gasteiger charge is 2.20. The fourth-order valence-electron chi connectivity index (χ4n) is 2.27. The maximum absolute atomic E-state index is 11.4. The Kier molecular flexibility index (Phi) is 3.58. The maximum atomic E-state index is 11.4. The zero-order valence-electron chi connectivity index (χ0n) is 10.5. The molecule has 0 amide bonds. The van der Waals surface area contributed by atoms with Gasteiger partial charge in [0.2, 0.25) is 0 Å². The first-order valence-corrected chi connectivity index (χ1v) is 7.89. The van der Waals surface area contributed by atoms with Crippen molar-refractivity contribution in [3.63, 3.8) is 0 Å². The van der Waals surface area contributed by atoms with Crippen LogP contribution in [0.1, 0.15) is 12.8 Å². The van der Waals surface area contributed by atoms with Crippen molar-refractivity contribution < 1.29 is 8.42 Å². The van der Waals surface area contributed by atoms with Gasteiger partial charge in [-0.1, -0.05) is 0 Å². The summed E-state index contributed by atoms with van der Waals surface area (Å²) in [6, 6.07) is 0. The summed E-state index contributed by atoms with van der Waals surface area (Å²) in [6.07, 6.45) is 6.53. The molecule has 0 aromatic heterocycles. The highest BCUT2D eigenvalue weighted by molar-refractivity contribution is 7.94. The molecule has 96 valence electrons. The van der Waals surface area contributed by atoms with Crippen LogP contribution in [0.3, 0.4) is 0 Å². The van der Waals surface area contributed by atoms with Crippen LogP contribution in [-0.2, 0) is 9.84 Å². The first-order valence-electron chi connectivity index (χ1n) is 6.00. The summed E-state index contributed by atoms with van der Waals surface area (Å²) in [5.41, 5.74) is 1.28. The zero-order chi connectivity index (χ0) is 12.5. The molecule has 0 atom stereocenters. The SMILES string of the molecule is CN1CCN(C2=CC=C(S(C)(=O)=O)CC2)CC1. The predicted octanol–water partition coefficient (Wildman–Crippen LogP) is 0.840. The van der Waals surface area contributed by atoms with Crippen LogP contribution in [0.4, 0.5) is 0 Å². The van der Waals surface area contributed by atoms with Crippen LogP contribution in [-0.4, -0.2) is 57.7 Å². The molecular formula is C12H20N2O2S. The molecule has 0 spiro atoms. The summed E-state index contributed by atoms with van der Waals surface area (Å²) in [7, 11) is -0.866. The second kappa shape index (κ2) is 4.82. The predicted molar refractivity (Wildman–Crippen MR) is 69.3 cm³/mol. The minimum atomic E-state index is -3.00. The lowest BCUT2D eigenvalue weighted by atomic mass is 10.1. The average molecular weight is 256 g/mol. The molecule has 0 bridgehead atoms. The van der Waals surface area contributed by atoms with Gasteiger partial charge in [-0.15, -0.1) is 0 Å².